The van der Waals surface area contributed by atoms with Crippen LogP contribution in [0, 0.1) is 6.92 Å². The average molecular weight is 913 g/mol. The van der Waals surface area contributed by atoms with Gasteiger partial charge in [0.1, 0.15) is 35.0 Å². The summed E-state index contributed by atoms with van der Waals surface area (Å²) in [4.78, 5) is 89.3. The molecule has 0 aliphatic carbocycles. The smallest absolute Gasteiger partial charge is 0.276 e. The fourth-order valence-electron chi connectivity index (χ4n) is 7.39. The molecule has 7 N–H and O–H groups in total. The van der Waals surface area contributed by atoms with Gasteiger partial charge in [-0.1, -0.05) is 18.7 Å². The third-order valence-corrected chi connectivity index (χ3v) is 11.5. The van der Waals surface area contributed by atoms with E-state index in [-0.39, 0.29) is 86.2 Å². The number of hydrogen-bond acceptors (Lipinski definition) is 14. The number of rotatable bonds is 22. The first-order valence-electron chi connectivity index (χ1n) is 20.7. The van der Waals surface area contributed by atoms with E-state index >= 15 is 0 Å². The molecule has 0 spiro atoms. The van der Waals surface area contributed by atoms with Gasteiger partial charge < -0.3 is 45.4 Å². The molecule has 2 aromatic carbocycles. The summed E-state index contributed by atoms with van der Waals surface area (Å²) in [5.41, 5.74) is 14.2. The number of aryl methyl sites for hydroxylation is 2. The van der Waals surface area contributed by atoms with Gasteiger partial charge in [0.05, 0.1) is 35.7 Å². The van der Waals surface area contributed by atoms with Crippen LogP contribution >= 0.6 is 11.8 Å². The molecule has 4 heterocycles. The Kier molecular flexibility index (Phi) is 14.9. The molecule has 1 fully saturated rings. The second-order valence-corrected chi connectivity index (χ2v) is 16.6. The number of anilines is 2. The standard InChI is InChI=1S/C43H52N12O9S/c1-7-55-30(17-25(4)50-55)40(61)49-43-48-29-19-27(39(45)60)21-32(64-16-10-12-51(5)34(57)11-15-52-35(58)22-33(41(52)62)65-24(2)3)37(29)54(43)14-9-8-13-53-36-28(47-42(53)46-23-56)18-26(38(44)59)20-31(36)63-6/h8-9,17-21,33,56H,2,7,10-16,22-23H2,1,3-6H3,(H2,44,59)(H2,45,60)(H,46,47)(H,48,49,61)/b9-8+. The zero-order valence-electron chi connectivity index (χ0n) is 36.8. The first-order chi connectivity index (χ1) is 31.0. The number of primary amides is 2. The number of imide groups is 1. The summed E-state index contributed by atoms with van der Waals surface area (Å²) in [6.07, 6.45) is 4.01. The van der Waals surface area contributed by atoms with Crippen LogP contribution in [0.5, 0.6) is 11.5 Å². The molecule has 1 aliphatic heterocycles. The Bertz CT molecular complexity index is 2720. The zero-order chi connectivity index (χ0) is 47.1. The van der Waals surface area contributed by atoms with E-state index in [1.807, 2.05) is 19.1 Å². The van der Waals surface area contributed by atoms with Gasteiger partial charge in [0.25, 0.3) is 5.91 Å². The Labute approximate surface area is 377 Å². The van der Waals surface area contributed by atoms with Crippen LogP contribution in [0.4, 0.5) is 11.9 Å². The number of aliphatic hydroxyl groups is 1. The summed E-state index contributed by atoms with van der Waals surface area (Å²) in [7, 11) is 3.07. The van der Waals surface area contributed by atoms with Crippen LogP contribution in [0.2, 0.25) is 0 Å². The number of carbonyl (C=O) groups is 6. The van der Waals surface area contributed by atoms with Gasteiger partial charge in [-0.05, 0) is 62.4 Å². The quantitative estimate of drug-likeness (QED) is 0.0289. The van der Waals surface area contributed by atoms with E-state index in [1.54, 1.807) is 40.8 Å². The first-order valence-corrected chi connectivity index (χ1v) is 21.5. The van der Waals surface area contributed by atoms with Gasteiger partial charge >= 0.3 is 0 Å². The Balaban J connectivity index is 1.25. The van der Waals surface area contributed by atoms with E-state index in [4.69, 9.17) is 25.9 Å². The third kappa shape index (κ3) is 10.6. The first kappa shape index (κ1) is 47.3. The molecular formula is C43H52N12O9S. The summed E-state index contributed by atoms with van der Waals surface area (Å²) in [5.74, 6) is -1.79. The maximum Gasteiger partial charge on any atom is 0.276 e. The number of nitrogens with one attached hydrogen (secondary N) is 2. The van der Waals surface area contributed by atoms with Crippen molar-refractivity contribution in [3.63, 3.8) is 0 Å². The molecule has 0 saturated carbocycles. The molecule has 3 aromatic heterocycles. The highest BCUT2D eigenvalue weighted by molar-refractivity contribution is 8.04. The summed E-state index contributed by atoms with van der Waals surface area (Å²) < 4.78 is 16.9. The monoisotopic (exact) mass is 912 g/mol. The topological polar surface area (TPSA) is 277 Å². The molecule has 5 aromatic rings. The highest BCUT2D eigenvalue weighted by Crippen LogP contribution is 2.33. The molecule has 1 unspecified atom stereocenters. The maximum atomic E-state index is 13.8. The number of aromatic nitrogens is 6. The van der Waals surface area contributed by atoms with Crippen LogP contribution in [0.3, 0.4) is 0 Å². The van der Waals surface area contributed by atoms with Crippen molar-refractivity contribution < 1.29 is 43.3 Å². The lowest BCUT2D eigenvalue weighted by Crippen LogP contribution is -2.36. The Morgan fingerprint density at radius 3 is 2.20 bits per heavy atom. The lowest BCUT2D eigenvalue weighted by atomic mass is 10.1. The van der Waals surface area contributed by atoms with Gasteiger partial charge in [0.15, 0.2) is 0 Å². The number of amides is 6. The SMILES string of the molecule is C=C(C)SC1CC(=O)N(CCC(=O)N(C)CCCOc2cc(C(N)=O)cc3nc(NC(=O)c4cc(C)nn4CC)n(C/C=C/Cn4c(NCO)nc5cc(C(N)=O)cc(OC)c54)c23)C1=O. The zero-order valence-corrected chi connectivity index (χ0v) is 37.6. The Morgan fingerprint density at radius 1 is 0.985 bits per heavy atom. The Morgan fingerprint density at radius 2 is 1.60 bits per heavy atom. The molecular weight excluding hydrogens is 861 g/mol. The summed E-state index contributed by atoms with van der Waals surface area (Å²) in [6.45, 7) is 9.88. The van der Waals surface area contributed by atoms with Crippen molar-refractivity contribution in [3.05, 3.63) is 76.5 Å². The predicted octanol–water partition coefficient (Wildman–Crippen LogP) is 3.00. The molecule has 22 heteroatoms. The van der Waals surface area contributed by atoms with Gasteiger partial charge in [-0.3, -0.25) is 43.7 Å². The van der Waals surface area contributed by atoms with E-state index in [2.05, 4.69) is 27.3 Å². The predicted molar refractivity (Wildman–Crippen MR) is 243 cm³/mol. The average Bonchev–Trinajstić information content (AvgIpc) is 4.00. The second kappa shape index (κ2) is 20.5. The van der Waals surface area contributed by atoms with Crippen molar-refractivity contribution in [2.24, 2.45) is 11.5 Å². The van der Waals surface area contributed by atoms with E-state index in [1.165, 1.54) is 48.0 Å². The van der Waals surface area contributed by atoms with Gasteiger partial charge in [-0.2, -0.15) is 5.10 Å². The van der Waals surface area contributed by atoms with Crippen LogP contribution in [-0.4, -0.2) is 125 Å². The molecule has 65 heavy (non-hydrogen) atoms. The summed E-state index contributed by atoms with van der Waals surface area (Å²) in [5, 5.41) is 19.3. The van der Waals surface area contributed by atoms with Crippen molar-refractivity contribution in [2.45, 2.75) is 64.9 Å². The van der Waals surface area contributed by atoms with Crippen LogP contribution in [-0.2, 0) is 34.0 Å². The highest BCUT2D eigenvalue weighted by atomic mass is 32.2. The van der Waals surface area contributed by atoms with E-state index in [0.717, 1.165) is 9.81 Å². The number of likely N-dealkylation sites (tertiary alicyclic amines) is 1. The number of carbonyl (C=O) groups excluding carboxylic acids is 6. The molecule has 1 atom stereocenters. The lowest BCUT2D eigenvalue weighted by molar-refractivity contribution is -0.139. The highest BCUT2D eigenvalue weighted by Gasteiger charge is 2.39. The van der Waals surface area contributed by atoms with Crippen LogP contribution in [0.25, 0.3) is 22.1 Å². The van der Waals surface area contributed by atoms with Crippen LogP contribution in [0.1, 0.15) is 70.0 Å². The fraction of sp³-hybridized carbons (Fsp3) is 0.372. The fourth-order valence-corrected chi connectivity index (χ4v) is 8.33. The number of nitrogens with zero attached hydrogens (tertiary/aromatic N) is 8. The van der Waals surface area contributed by atoms with Crippen molar-refractivity contribution in [2.75, 3.05) is 51.2 Å². The largest absolute Gasteiger partial charge is 0.494 e. The minimum Gasteiger partial charge on any atom is -0.494 e. The number of thioether (sulfide) groups is 1. The molecule has 21 nitrogen and oxygen atoms in total. The number of benzene rings is 2. The van der Waals surface area contributed by atoms with Crippen molar-refractivity contribution in [3.8, 4) is 11.5 Å². The minimum atomic E-state index is -0.734. The molecule has 6 rings (SSSR count). The summed E-state index contributed by atoms with van der Waals surface area (Å²) >= 11 is 1.25. The lowest BCUT2D eigenvalue weighted by Gasteiger charge is -2.20. The number of aliphatic hydroxyl groups excluding tert-OH is 1. The molecule has 0 bridgehead atoms. The molecule has 0 radical (unpaired) electrons. The van der Waals surface area contributed by atoms with Crippen molar-refractivity contribution in [1.29, 1.82) is 0 Å². The molecule has 344 valence electrons. The number of hydrogen-bond donors (Lipinski definition) is 5. The number of imidazole rings is 2. The van der Waals surface area contributed by atoms with E-state index in [9.17, 15) is 33.9 Å². The minimum absolute atomic E-state index is 0.0220. The number of ether oxygens (including phenoxy) is 2. The van der Waals surface area contributed by atoms with Crippen molar-refractivity contribution >= 4 is 81.2 Å². The molecule has 6 amide bonds. The van der Waals surface area contributed by atoms with Gasteiger partial charge in [0, 0.05) is 63.7 Å². The second-order valence-electron chi connectivity index (χ2n) is 15.1. The van der Waals surface area contributed by atoms with Crippen molar-refractivity contribution in [1.82, 2.24) is 38.7 Å². The number of methoxy groups -OCH3 is 1. The third-order valence-electron chi connectivity index (χ3n) is 10.5. The Hall–Kier alpha value is -7.20. The van der Waals surface area contributed by atoms with Gasteiger partial charge in [-0.25, -0.2) is 9.97 Å². The molecule has 1 aliphatic rings. The molecule has 1 saturated heterocycles. The normalized spacial score (nSPS) is 13.9. The number of allylic oxidation sites excluding steroid dienone is 3. The number of nitrogens with two attached hydrogens (primary N) is 2. The van der Waals surface area contributed by atoms with Gasteiger partial charge in [-0.15, -0.1) is 11.8 Å². The van der Waals surface area contributed by atoms with Crippen LogP contribution in [0.15, 0.2) is 54.0 Å². The van der Waals surface area contributed by atoms with E-state index in [0.29, 0.717) is 58.1 Å². The van der Waals surface area contributed by atoms with E-state index < -0.39 is 29.7 Å². The number of fused-ring (bicyclic) bond motifs is 2. The van der Waals surface area contributed by atoms with Gasteiger partial charge in [0.2, 0.25) is 41.4 Å². The summed E-state index contributed by atoms with van der Waals surface area (Å²) in [6, 6.07) is 7.68. The van der Waals surface area contributed by atoms with Crippen LogP contribution < -0.4 is 31.6 Å². The maximum absolute atomic E-state index is 13.8.